The number of hydrogen-bond donors (Lipinski definition) is 1. The number of benzene rings is 1. The number of halogens is 1. The van der Waals surface area contributed by atoms with Gasteiger partial charge in [-0.2, -0.15) is 0 Å². The van der Waals surface area contributed by atoms with Crippen LogP contribution in [0.1, 0.15) is 39.7 Å². The monoisotopic (exact) mass is 264 g/mol. The van der Waals surface area contributed by atoms with Gasteiger partial charge >= 0.3 is 0 Å². The summed E-state index contributed by atoms with van der Waals surface area (Å²) in [6.45, 7) is 8.13. The van der Waals surface area contributed by atoms with Crippen molar-refractivity contribution in [3.63, 3.8) is 0 Å². The molecule has 0 amide bonds. The molecule has 0 aliphatic heterocycles. The Bertz CT molecular complexity index is 558. The van der Waals surface area contributed by atoms with E-state index in [9.17, 15) is 5.11 Å². The third-order valence-corrected chi connectivity index (χ3v) is 3.76. The third-order valence-electron chi connectivity index (χ3n) is 3.56. The van der Waals surface area contributed by atoms with Gasteiger partial charge in [-0.05, 0) is 79.2 Å². The molecule has 0 spiro atoms. The molecule has 1 aromatic carbocycles. The molecule has 0 fully saturated rings. The highest BCUT2D eigenvalue weighted by Crippen LogP contribution is 2.32. The normalized spacial score (nSPS) is 12.8. The summed E-state index contributed by atoms with van der Waals surface area (Å²) in [5.74, 6) is 0.483. The maximum Gasteiger partial charge on any atom is 0.193 e. The highest BCUT2D eigenvalue weighted by atomic mass is 35.5. The highest BCUT2D eigenvalue weighted by molar-refractivity contribution is 6.28. The molecule has 1 atom stereocenters. The maximum atomic E-state index is 10.5. The zero-order valence-corrected chi connectivity index (χ0v) is 11.8. The average Bonchev–Trinajstić information content (AvgIpc) is 2.73. The molecule has 0 bridgehead atoms. The topological polar surface area (TPSA) is 33.4 Å². The maximum absolute atomic E-state index is 10.5. The van der Waals surface area contributed by atoms with Crippen LogP contribution >= 0.6 is 11.6 Å². The molecule has 1 unspecified atom stereocenters. The second-order valence-electron chi connectivity index (χ2n) is 4.72. The van der Waals surface area contributed by atoms with E-state index >= 15 is 0 Å². The van der Waals surface area contributed by atoms with Gasteiger partial charge < -0.3 is 9.52 Å². The quantitative estimate of drug-likeness (QED) is 0.880. The third kappa shape index (κ3) is 2.18. The lowest BCUT2D eigenvalue weighted by atomic mass is 9.90. The smallest absolute Gasteiger partial charge is 0.193 e. The van der Waals surface area contributed by atoms with E-state index in [-0.39, 0.29) is 0 Å². The largest absolute Gasteiger partial charge is 0.447 e. The summed E-state index contributed by atoms with van der Waals surface area (Å²) < 4.78 is 5.30. The van der Waals surface area contributed by atoms with Crippen LogP contribution in [0.4, 0.5) is 0 Å². The molecule has 1 aromatic heterocycles. The zero-order valence-electron chi connectivity index (χ0n) is 11.0. The first-order chi connectivity index (χ1) is 8.41. The van der Waals surface area contributed by atoms with Gasteiger partial charge in [-0.15, -0.1) is 0 Å². The van der Waals surface area contributed by atoms with Crippen molar-refractivity contribution in [1.29, 1.82) is 0 Å². The van der Waals surface area contributed by atoms with E-state index in [1.165, 1.54) is 11.1 Å². The van der Waals surface area contributed by atoms with Crippen molar-refractivity contribution in [2.75, 3.05) is 0 Å². The van der Waals surface area contributed by atoms with Crippen LogP contribution < -0.4 is 0 Å². The van der Waals surface area contributed by atoms with Gasteiger partial charge in [0.05, 0.1) is 0 Å². The lowest BCUT2D eigenvalue weighted by Crippen LogP contribution is -2.06. The minimum absolute atomic E-state index is 0.295. The fourth-order valence-electron chi connectivity index (χ4n) is 2.28. The van der Waals surface area contributed by atoms with Gasteiger partial charge in [-0.1, -0.05) is 6.07 Å². The molecular weight excluding hydrogens is 248 g/mol. The van der Waals surface area contributed by atoms with Crippen LogP contribution in [0.2, 0.25) is 5.22 Å². The molecule has 3 heteroatoms. The number of aliphatic hydroxyl groups excluding tert-OH is 1. The summed E-state index contributed by atoms with van der Waals surface area (Å²) >= 11 is 5.76. The zero-order chi connectivity index (χ0) is 13.4. The Morgan fingerprint density at radius 3 is 2.06 bits per heavy atom. The molecule has 0 saturated carbocycles. The number of aryl methyl sites for hydroxylation is 2. The van der Waals surface area contributed by atoms with Gasteiger partial charge in [0.15, 0.2) is 5.22 Å². The molecule has 18 heavy (non-hydrogen) atoms. The molecule has 1 N–H and O–H groups in total. The minimum atomic E-state index is -0.768. The van der Waals surface area contributed by atoms with E-state index in [0.29, 0.717) is 11.0 Å². The van der Waals surface area contributed by atoms with Crippen LogP contribution in [0.25, 0.3) is 0 Å². The first-order valence-electron chi connectivity index (χ1n) is 5.92. The van der Waals surface area contributed by atoms with Crippen LogP contribution in [0.5, 0.6) is 0 Å². The summed E-state index contributed by atoms with van der Waals surface area (Å²) in [4.78, 5) is 0. The van der Waals surface area contributed by atoms with Crippen molar-refractivity contribution >= 4 is 11.6 Å². The summed E-state index contributed by atoms with van der Waals surface area (Å²) in [7, 11) is 0. The molecule has 96 valence electrons. The van der Waals surface area contributed by atoms with Gasteiger partial charge in [-0.25, -0.2) is 0 Å². The Balaban J connectivity index is 2.57. The second kappa shape index (κ2) is 4.79. The Hall–Kier alpha value is -1.25. The second-order valence-corrected chi connectivity index (χ2v) is 5.09. The van der Waals surface area contributed by atoms with E-state index in [0.717, 1.165) is 16.7 Å². The predicted molar refractivity (Wildman–Crippen MR) is 73.2 cm³/mol. The number of hydrogen-bond acceptors (Lipinski definition) is 2. The minimum Gasteiger partial charge on any atom is -0.447 e. The van der Waals surface area contributed by atoms with Crippen molar-refractivity contribution < 1.29 is 9.52 Å². The SMILES string of the molecule is Cc1cc(C)c(C)c(C(O)c2ccc(Cl)o2)c1C. The molecule has 0 aliphatic rings. The van der Waals surface area contributed by atoms with Crippen LogP contribution in [0.3, 0.4) is 0 Å². The molecule has 1 heterocycles. The van der Waals surface area contributed by atoms with E-state index in [2.05, 4.69) is 6.07 Å². The molecule has 0 radical (unpaired) electrons. The molecule has 2 aromatic rings. The lowest BCUT2D eigenvalue weighted by Gasteiger charge is -2.18. The van der Waals surface area contributed by atoms with Crippen molar-refractivity contribution in [3.05, 3.63) is 57.0 Å². The van der Waals surface area contributed by atoms with E-state index in [1.807, 2.05) is 27.7 Å². The average molecular weight is 265 g/mol. The summed E-state index contributed by atoms with van der Waals surface area (Å²) in [5.41, 5.74) is 5.45. The van der Waals surface area contributed by atoms with Crippen molar-refractivity contribution in [2.24, 2.45) is 0 Å². The predicted octanol–water partition coefficient (Wildman–Crippen LogP) is 4.25. The van der Waals surface area contributed by atoms with Gasteiger partial charge in [0.2, 0.25) is 0 Å². The van der Waals surface area contributed by atoms with E-state index in [4.69, 9.17) is 16.0 Å². The van der Waals surface area contributed by atoms with Gasteiger partial charge in [0.1, 0.15) is 11.9 Å². The van der Waals surface area contributed by atoms with Crippen LogP contribution in [-0.2, 0) is 0 Å². The van der Waals surface area contributed by atoms with Gasteiger partial charge in [-0.3, -0.25) is 0 Å². The molecule has 0 saturated heterocycles. The summed E-state index contributed by atoms with van der Waals surface area (Å²) in [6, 6.07) is 5.49. The van der Waals surface area contributed by atoms with Crippen LogP contribution in [0.15, 0.2) is 22.6 Å². The summed E-state index contributed by atoms with van der Waals surface area (Å²) in [5, 5.41) is 10.8. The van der Waals surface area contributed by atoms with Gasteiger partial charge in [0, 0.05) is 0 Å². The first kappa shape index (κ1) is 13.2. The Labute approximate surface area is 112 Å². The fourth-order valence-corrected chi connectivity index (χ4v) is 2.43. The number of furan rings is 1. The number of aliphatic hydroxyl groups is 1. The number of rotatable bonds is 2. The molecular formula is C15H17ClO2. The Kier molecular flexibility index (Phi) is 3.51. The Morgan fingerprint density at radius 1 is 1.06 bits per heavy atom. The van der Waals surface area contributed by atoms with Crippen LogP contribution in [0, 0.1) is 27.7 Å². The fraction of sp³-hybridized carbons (Fsp3) is 0.333. The standard InChI is InChI=1S/C15H17ClO2/c1-8-7-9(2)11(4)14(10(8)3)15(17)12-5-6-13(16)18-12/h5-7,15,17H,1-4H3. The first-order valence-corrected chi connectivity index (χ1v) is 6.30. The van der Waals surface area contributed by atoms with Crippen molar-refractivity contribution in [3.8, 4) is 0 Å². The van der Waals surface area contributed by atoms with Crippen molar-refractivity contribution in [2.45, 2.75) is 33.8 Å². The molecule has 0 aliphatic carbocycles. The van der Waals surface area contributed by atoms with Crippen LogP contribution in [-0.4, -0.2) is 5.11 Å². The van der Waals surface area contributed by atoms with E-state index < -0.39 is 6.10 Å². The lowest BCUT2D eigenvalue weighted by molar-refractivity contribution is 0.188. The van der Waals surface area contributed by atoms with Gasteiger partial charge in [0.25, 0.3) is 0 Å². The van der Waals surface area contributed by atoms with E-state index in [1.54, 1.807) is 12.1 Å². The summed E-state index contributed by atoms with van der Waals surface area (Å²) in [6.07, 6.45) is -0.768. The molecule has 2 nitrogen and oxygen atoms in total. The Morgan fingerprint density at radius 2 is 1.61 bits per heavy atom. The van der Waals surface area contributed by atoms with Crippen molar-refractivity contribution in [1.82, 2.24) is 0 Å². The highest BCUT2D eigenvalue weighted by Gasteiger charge is 2.20. The molecule has 2 rings (SSSR count).